The maximum atomic E-state index is 11.9. The van der Waals surface area contributed by atoms with Crippen LogP contribution in [0.3, 0.4) is 0 Å². The summed E-state index contributed by atoms with van der Waals surface area (Å²) in [6.07, 6.45) is 0.411. The molecule has 3 nitrogen and oxygen atoms in total. The summed E-state index contributed by atoms with van der Waals surface area (Å²) in [6.45, 7) is 5.84. The lowest BCUT2D eigenvalue weighted by Gasteiger charge is -2.25. The van der Waals surface area contributed by atoms with Crippen LogP contribution in [0.4, 0.5) is 8.78 Å². The molecule has 0 heterocycles. The van der Waals surface area contributed by atoms with Crippen molar-refractivity contribution < 1.29 is 18.3 Å². The smallest absolute Gasteiger partial charge is 0.261 e. The fourth-order valence-electron chi connectivity index (χ4n) is 1.81. The number of ether oxygens (including phenoxy) is 2. The highest BCUT2D eigenvalue weighted by atomic mass is 19.3. The van der Waals surface area contributed by atoms with Crippen molar-refractivity contribution in [3.8, 4) is 0 Å². The topological polar surface area (TPSA) is 30.5 Å². The van der Waals surface area contributed by atoms with Gasteiger partial charge in [-0.05, 0) is 31.7 Å². The molecule has 0 saturated heterocycles. The van der Waals surface area contributed by atoms with Gasteiger partial charge in [-0.2, -0.15) is 0 Å². The summed E-state index contributed by atoms with van der Waals surface area (Å²) < 4.78 is 33.9. The predicted octanol–water partition coefficient (Wildman–Crippen LogP) is 2.70. The van der Waals surface area contributed by atoms with Crippen LogP contribution in [0.25, 0.3) is 0 Å². The minimum Gasteiger partial charge on any atom is -0.385 e. The molecular weight excluding hydrogens is 240 g/mol. The Morgan fingerprint density at radius 1 is 1.17 bits per heavy atom. The number of halogens is 2. The van der Waals surface area contributed by atoms with E-state index in [1.807, 2.05) is 0 Å². The molecule has 0 aliphatic carbocycles. The quantitative estimate of drug-likeness (QED) is 0.551. The monoisotopic (exact) mass is 267 g/mol. The summed E-state index contributed by atoms with van der Waals surface area (Å²) in [5.41, 5.74) is 0. The highest BCUT2D eigenvalue weighted by Crippen LogP contribution is 2.12. The average molecular weight is 267 g/mol. The van der Waals surface area contributed by atoms with E-state index >= 15 is 0 Å². The molecule has 2 unspecified atom stereocenters. The van der Waals surface area contributed by atoms with E-state index < -0.39 is 13.0 Å². The fourth-order valence-corrected chi connectivity index (χ4v) is 1.81. The summed E-state index contributed by atoms with van der Waals surface area (Å²) in [5, 5.41) is 3.44. The Labute approximate surface area is 109 Å². The zero-order chi connectivity index (χ0) is 13.8. The molecular formula is C13H27F2NO2. The lowest BCUT2D eigenvalue weighted by atomic mass is 9.96. The molecule has 0 spiro atoms. The molecule has 0 aromatic heterocycles. The van der Waals surface area contributed by atoms with E-state index in [-0.39, 0.29) is 0 Å². The molecule has 0 fully saturated rings. The number of hydrogen-bond donors (Lipinski definition) is 1. The van der Waals surface area contributed by atoms with Gasteiger partial charge in [-0.15, -0.1) is 0 Å². The first-order chi connectivity index (χ1) is 8.61. The second kappa shape index (κ2) is 11.8. The highest BCUT2D eigenvalue weighted by Gasteiger charge is 2.16. The van der Waals surface area contributed by atoms with Gasteiger partial charge in [0.05, 0.1) is 0 Å². The molecule has 110 valence electrons. The molecule has 5 heteroatoms. The molecule has 0 rings (SSSR count). The molecule has 0 radical (unpaired) electrons. The number of hydrogen-bond acceptors (Lipinski definition) is 3. The second-order valence-corrected chi connectivity index (χ2v) is 4.57. The van der Waals surface area contributed by atoms with Crippen molar-refractivity contribution in [1.82, 2.24) is 5.32 Å². The van der Waals surface area contributed by atoms with Crippen molar-refractivity contribution >= 4 is 0 Å². The second-order valence-electron chi connectivity index (χ2n) is 4.57. The summed E-state index contributed by atoms with van der Waals surface area (Å²) in [6, 6.07) is 0.303. The van der Waals surface area contributed by atoms with Crippen LogP contribution in [0.1, 0.15) is 33.1 Å². The van der Waals surface area contributed by atoms with Crippen molar-refractivity contribution in [1.29, 1.82) is 0 Å². The zero-order valence-electron chi connectivity index (χ0n) is 11.8. The van der Waals surface area contributed by atoms with Crippen LogP contribution in [0.5, 0.6) is 0 Å². The van der Waals surface area contributed by atoms with Gasteiger partial charge in [0.15, 0.2) is 0 Å². The third-order valence-electron chi connectivity index (χ3n) is 2.94. The molecule has 18 heavy (non-hydrogen) atoms. The average Bonchev–Trinajstić information content (AvgIpc) is 2.34. The van der Waals surface area contributed by atoms with Gasteiger partial charge in [0, 0.05) is 26.4 Å². The first-order valence-electron chi connectivity index (χ1n) is 6.70. The summed E-state index contributed by atoms with van der Waals surface area (Å²) in [7, 11) is 1.69. The number of rotatable bonds is 12. The van der Waals surface area contributed by atoms with Crippen LogP contribution >= 0.6 is 0 Å². The van der Waals surface area contributed by atoms with Gasteiger partial charge in [0.1, 0.15) is 6.61 Å². The third kappa shape index (κ3) is 9.74. The fraction of sp³-hybridized carbons (Fsp3) is 1.00. The molecule has 0 saturated carbocycles. The molecule has 0 amide bonds. The lowest BCUT2D eigenvalue weighted by Crippen LogP contribution is -2.37. The minimum absolute atomic E-state index is 0.303. The Morgan fingerprint density at radius 3 is 2.44 bits per heavy atom. The van der Waals surface area contributed by atoms with Crippen LogP contribution in [-0.4, -0.2) is 45.9 Å². The molecule has 0 aliphatic rings. The van der Waals surface area contributed by atoms with Crippen LogP contribution < -0.4 is 5.32 Å². The Balaban J connectivity index is 3.89. The van der Waals surface area contributed by atoms with Gasteiger partial charge in [-0.3, -0.25) is 0 Å². The Morgan fingerprint density at radius 2 is 1.89 bits per heavy atom. The van der Waals surface area contributed by atoms with Gasteiger partial charge in [-0.25, -0.2) is 8.78 Å². The van der Waals surface area contributed by atoms with Crippen LogP contribution in [0.15, 0.2) is 0 Å². The SMILES string of the molecule is CCCNC(CCOCC(F)F)C(C)CCOC. The van der Waals surface area contributed by atoms with Crippen molar-refractivity contribution in [2.24, 2.45) is 5.92 Å². The van der Waals surface area contributed by atoms with E-state index in [4.69, 9.17) is 9.47 Å². The Bertz CT molecular complexity index is 182. The number of methoxy groups -OCH3 is 1. The highest BCUT2D eigenvalue weighted by molar-refractivity contribution is 4.73. The van der Waals surface area contributed by atoms with E-state index in [9.17, 15) is 8.78 Å². The normalized spacial score (nSPS) is 15.0. The summed E-state index contributed by atoms with van der Waals surface area (Å²) in [4.78, 5) is 0. The number of alkyl halides is 2. The van der Waals surface area contributed by atoms with Crippen molar-refractivity contribution in [3.63, 3.8) is 0 Å². The van der Waals surface area contributed by atoms with Crippen LogP contribution in [0.2, 0.25) is 0 Å². The maximum absolute atomic E-state index is 11.9. The molecule has 2 atom stereocenters. The summed E-state index contributed by atoms with van der Waals surface area (Å²) >= 11 is 0. The standard InChI is InChI=1S/C13H27F2NO2/c1-4-7-16-12(11(2)5-8-17-3)6-9-18-10-13(14)15/h11-13,16H,4-10H2,1-3H3. The molecule has 1 N–H and O–H groups in total. The third-order valence-corrected chi connectivity index (χ3v) is 2.94. The van der Waals surface area contributed by atoms with Gasteiger partial charge in [0.25, 0.3) is 6.43 Å². The number of nitrogens with one attached hydrogen (secondary N) is 1. The Kier molecular flexibility index (Phi) is 11.6. The lowest BCUT2D eigenvalue weighted by molar-refractivity contribution is 0.0125. The van der Waals surface area contributed by atoms with Crippen LogP contribution in [-0.2, 0) is 9.47 Å². The molecule has 0 bridgehead atoms. The van der Waals surface area contributed by atoms with Crippen molar-refractivity contribution in [2.45, 2.75) is 45.6 Å². The first-order valence-corrected chi connectivity index (χ1v) is 6.70. The first kappa shape index (κ1) is 17.7. The zero-order valence-corrected chi connectivity index (χ0v) is 11.8. The van der Waals surface area contributed by atoms with Gasteiger partial charge < -0.3 is 14.8 Å². The molecule has 0 aliphatic heterocycles. The predicted molar refractivity (Wildman–Crippen MR) is 69.2 cm³/mol. The Hall–Kier alpha value is -0.260. The van der Waals surface area contributed by atoms with E-state index in [0.717, 1.165) is 32.4 Å². The maximum Gasteiger partial charge on any atom is 0.261 e. The van der Waals surface area contributed by atoms with Crippen LogP contribution in [0, 0.1) is 5.92 Å². The van der Waals surface area contributed by atoms with E-state index in [1.54, 1.807) is 7.11 Å². The van der Waals surface area contributed by atoms with Gasteiger partial charge >= 0.3 is 0 Å². The van der Waals surface area contributed by atoms with Crippen molar-refractivity contribution in [2.75, 3.05) is 33.5 Å². The molecule has 0 aromatic rings. The van der Waals surface area contributed by atoms with E-state index in [2.05, 4.69) is 19.2 Å². The summed E-state index contributed by atoms with van der Waals surface area (Å²) in [5.74, 6) is 0.451. The van der Waals surface area contributed by atoms with E-state index in [0.29, 0.717) is 18.6 Å². The van der Waals surface area contributed by atoms with E-state index in [1.165, 1.54) is 0 Å². The minimum atomic E-state index is -2.38. The van der Waals surface area contributed by atoms with Crippen molar-refractivity contribution in [3.05, 3.63) is 0 Å². The molecule has 0 aromatic carbocycles. The van der Waals surface area contributed by atoms with Gasteiger partial charge in [0.2, 0.25) is 0 Å². The largest absolute Gasteiger partial charge is 0.385 e. The van der Waals surface area contributed by atoms with Gasteiger partial charge in [-0.1, -0.05) is 13.8 Å².